The van der Waals surface area contributed by atoms with E-state index in [2.05, 4.69) is 5.10 Å². The molecule has 4 aromatic rings. The van der Waals surface area contributed by atoms with E-state index in [1.165, 1.54) is 24.3 Å². The van der Waals surface area contributed by atoms with Gasteiger partial charge in [-0.3, -0.25) is 4.79 Å². The normalized spacial score (nSPS) is 11.1. The van der Waals surface area contributed by atoms with Crippen LogP contribution in [0, 0.1) is 18.6 Å². The largest absolute Gasteiger partial charge is 0.386 e. The van der Waals surface area contributed by atoms with Gasteiger partial charge in [-0.05, 0) is 37.3 Å². The van der Waals surface area contributed by atoms with Crippen molar-refractivity contribution >= 4 is 29.1 Å². The lowest BCUT2D eigenvalue weighted by Crippen LogP contribution is -2.17. The van der Waals surface area contributed by atoms with Crippen molar-refractivity contribution in [3.8, 4) is 33.6 Å². The Morgan fingerprint density at radius 3 is 2.44 bits per heavy atom. The first-order valence-electron chi connectivity index (χ1n) is 9.55. The molecule has 0 fully saturated rings. The highest BCUT2D eigenvalue weighted by atomic mass is 35.5. The summed E-state index contributed by atoms with van der Waals surface area (Å²) < 4.78 is 30.0. The van der Waals surface area contributed by atoms with Crippen LogP contribution in [-0.4, -0.2) is 27.4 Å². The average molecular weight is 473 g/mol. The first-order chi connectivity index (χ1) is 15.3. The molecule has 0 saturated heterocycles. The fourth-order valence-corrected chi connectivity index (χ4v) is 3.88. The van der Waals surface area contributed by atoms with Crippen LogP contribution >= 0.6 is 23.2 Å². The second-order valence-electron chi connectivity index (χ2n) is 7.14. The van der Waals surface area contributed by atoms with Crippen molar-refractivity contribution in [2.24, 2.45) is 0 Å². The van der Waals surface area contributed by atoms with E-state index < -0.39 is 24.1 Å². The maximum atomic E-state index is 15.2. The van der Waals surface area contributed by atoms with Crippen molar-refractivity contribution < 1.29 is 18.7 Å². The molecule has 162 valence electrons. The number of halogens is 4. The monoisotopic (exact) mass is 472 g/mol. The molecule has 4 rings (SSSR count). The number of carbonyl (C=O) groups is 1. The van der Waals surface area contributed by atoms with Crippen LogP contribution in [0.2, 0.25) is 10.0 Å². The SMILES string of the molecule is Cc1cccc(-c2c(-c3cccc(Cl)c3F)c(-c3ccc(F)c(Cl)c3)nn2C(=O)CO)c1. The standard InChI is InChI=1S/C24H16Cl2F2N2O2/c1-13-4-2-5-15(10-13)24-21(16-6-3-7-17(25)22(16)28)23(29-30(24)20(32)12-31)14-8-9-19(27)18(26)11-14/h2-11,31H,12H2,1H3. The van der Waals surface area contributed by atoms with Gasteiger partial charge in [-0.2, -0.15) is 9.78 Å². The van der Waals surface area contributed by atoms with Crippen LogP contribution in [0.5, 0.6) is 0 Å². The van der Waals surface area contributed by atoms with Crippen LogP contribution in [0.15, 0.2) is 60.7 Å². The highest BCUT2D eigenvalue weighted by Crippen LogP contribution is 2.42. The summed E-state index contributed by atoms with van der Waals surface area (Å²) in [7, 11) is 0. The fourth-order valence-electron chi connectivity index (χ4n) is 3.52. The molecule has 1 heterocycles. The zero-order valence-corrected chi connectivity index (χ0v) is 18.3. The van der Waals surface area contributed by atoms with Crippen LogP contribution in [0.1, 0.15) is 10.4 Å². The molecular weight excluding hydrogens is 457 g/mol. The Morgan fingerprint density at radius 2 is 1.75 bits per heavy atom. The zero-order chi connectivity index (χ0) is 23.0. The Labute approximate surface area is 192 Å². The molecule has 32 heavy (non-hydrogen) atoms. The summed E-state index contributed by atoms with van der Waals surface area (Å²) in [6.07, 6.45) is 0. The summed E-state index contributed by atoms with van der Waals surface area (Å²) in [5, 5.41) is 13.7. The molecule has 0 aliphatic heterocycles. The second-order valence-corrected chi connectivity index (χ2v) is 7.95. The number of aryl methyl sites for hydroxylation is 1. The number of hydrogen-bond acceptors (Lipinski definition) is 3. The lowest BCUT2D eigenvalue weighted by molar-refractivity contribution is 0.0804. The second kappa shape index (κ2) is 8.82. The molecule has 0 bridgehead atoms. The Bertz CT molecular complexity index is 1350. The van der Waals surface area contributed by atoms with Crippen molar-refractivity contribution in [1.82, 2.24) is 9.78 Å². The van der Waals surface area contributed by atoms with Crippen molar-refractivity contribution in [1.29, 1.82) is 0 Å². The van der Waals surface area contributed by atoms with Gasteiger partial charge >= 0.3 is 0 Å². The third-order valence-electron chi connectivity index (χ3n) is 4.96. The summed E-state index contributed by atoms with van der Waals surface area (Å²) in [6, 6.07) is 15.7. The van der Waals surface area contributed by atoms with E-state index in [1.807, 2.05) is 19.1 Å². The summed E-state index contributed by atoms with van der Waals surface area (Å²) >= 11 is 12.0. The van der Waals surface area contributed by atoms with E-state index in [-0.39, 0.29) is 32.6 Å². The average Bonchev–Trinajstić information content (AvgIpc) is 3.17. The van der Waals surface area contributed by atoms with Gasteiger partial charge < -0.3 is 5.11 Å². The van der Waals surface area contributed by atoms with Gasteiger partial charge in [-0.15, -0.1) is 0 Å². The molecule has 1 aromatic heterocycles. The van der Waals surface area contributed by atoms with Crippen LogP contribution in [-0.2, 0) is 0 Å². The van der Waals surface area contributed by atoms with Gasteiger partial charge in [0.2, 0.25) is 0 Å². The van der Waals surface area contributed by atoms with E-state index in [4.69, 9.17) is 23.2 Å². The molecule has 3 aromatic carbocycles. The summed E-state index contributed by atoms with van der Waals surface area (Å²) in [6.45, 7) is 1.06. The maximum absolute atomic E-state index is 15.2. The van der Waals surface area contributed by atoms with Crippen LogP contribution in [0.3, 0.4) is 0 Å². The van der Waals surface area contributed by atoms with Crippen LogP contribution in [0.25, 0.3) is 33.6 Å². The van der Waals surface area contributed by atoms with Gasteiger partial charge in [0.15, 0.2) is 0 Å². The quantitative estimate of drug-likeness (QED) is 0.373. The van der Waals surface area contributed by atoms with Crippen molar-refractivity contribution in [2.75, 3.05) is 6.61 Å². The van der Waals surface area contributed by atoms with Crippen LogP contribution < -0.4 is 0 Å². The molecule has 4 nitrogen and oxygen atoms in total. The lowest BCUT2D eigenvalue weighted by Gasteiger charge is -2.11. The minimum Gasteiger partial charge on any atom is -0.386 e. The molecule has 1 N–H and O–H groups in total. The smallest absolute Gasteiger partial charge is 0.273 e. The van der Waals surface area contributed by atoms with E-state index in [1.54, 1.807) is 18.2 Å². The molecule has 0 aliphatic carbocycles. The third kappa shape index (κ3) is 3.93. The lowest BCUT2D eigenvalue weighted by atomic mass is 9.94. The van der Waals surface area contributed by atoms with Crippen LogP contribution in [0.4, 0.5) is 8.78 Å². The van der Waals surface area contributed by atoms with E-state index >= 15 is 4.39 Å². The maximum Gasteiger partial charge on any atom is 0.273 e. The molecule has 0 atom stereocenters. The molecule has 0 aliphatic rings. The Kier molecular flexibility index (Phi) is 6.11. The number of aliphatic hydroxyl groups is 1. The van der Waals surface area contributed by atoms with Gasteiger partial charge in [-0.25, -0.2) is 8.78 Å². The number of carbonyl (C=O) groups excluding carboxylic acids is 1. The van der Waals surface area contributed by atoms with Gasteiger partial charge in [0.25, 0.3) is 5.91 Å². The van der Waals surface area contributed by atoms with Gasteiger partial charge in [-0.1, -0.05) is 59.1 Å². The summed E-state index contributed by atoms with van der Waals surface area (Å²) in [4.78, 5) is 12.6. The van der Waals surface area contributed by atoms with E-state index in [0.29, 0.717) is 11.1 Å². The number of rotatable bonds is 4. The molecule has 0 saturated carbocycles. The molecule has 0 radical (unpaired) electrons. The number of benzene rings is 3. The van der Waals surface area contributed by atoms with Crippen molar-refractivity contribution in [3.05, 3.63) is 87.9 Å². The number of aliphatic hydroxyl groups excluding tert-OH is 1. The number of hydrogen-bond donors (Lipinski definition) is 1. The van der Waals surface area contributed by atoms with Gasteiger partial charge in [0, 0.05) is 22.3 Å². The first-order valence-corrected chi connectivity index (χ1v) is 10.3. The van der Waals surface area contributed by atoms with E-state index in [9.17, 15) is 14.3 Å². The van der Waals surface area contributed by atoms with Gasteiger partial charge in [0.05, 0.1) is 15.7 Å². The molecule has 0 amide bonds. The minimum absolute atomic E-state index is 0.0986. The van der Waals surface area contributed by atoms with Crippen molar-refractivity contribution in [3.63, 3.8) is 0 Å². The number of nitrogens with zero attached hydrogens (tertiary/aromatic N) is 2. The molecule has 0 spiro atoms. The Morgan fingerprint density at radius 1 is 1.00 bits per heavy atom. The zero-order valence-electron chi connectivity index (χ0n) is 16.7. The third-order valence-corrected chi connectivity index (χ3v) is 5.54. The predicted molar refractivity (Wildman–Crippen MR) is 121 cm³/mol. The summed E-state index contributed by atoms with van der Waals surface area (Å²) in [5.74, 6) is -2.05. The summed E-state index contributed by atoms with van der Waals surface area (Å²) in [5.41, 5.74) is 2.66. The Balaban J connectivity index is 2.16. The van der Waals surface area contributed by atoms with E-state index in [0.717, 1.165) is 16.3 Å². The first kappa shape index (κ1) is 22.1. The predicted octanol–water partition coefficient (Wildman–Crippen LogP) is 6.41. The fraction of sp³-hybridized carbons (Fsp3) is 0.0833. The highest BCUT2D eigenvalue weighted by Gasteiger charge is 2.27. The van der Waals surface area contributed by atoms with Gasteiger partial charge in [0.1, 0.15) is 23.9 Å². The Hall–Kier alpha value is -3.06. The highest BCUT2D eigenvalue weighted by molar-refractivity contribution is 6.31. The molecule has 8 heteroatoms. The molecule has 0 unspecified atom stereocenters. The number of aromatic nitrogens is 2. The topological polar surface area (TPSA) is 55.1 Å². The minimum atomic E-state index is -0.818. The molecular formula is C24H16Cl2F2N2O2. The van der Waals surface area contributed by atoms with Crippen molar-refractivity contribution in [2.45, 2.75) is 6.92 Å².